The number of alkyl halides is 2. The molecule has 9 heteroatoms. The third-order valence-electron chi connectivity index (χ3n) is 1.69. The van der Waals surface area contributed by atoms with Crippen molar-refractivity contribution in [2.24, 2.45) is 0 Å². The molecule has 0 radical (unpaired) electrons. The fraction of sp³-hybridized carbons (Fsp3) is 0.125. The molecule has 0 saturated heterocycles. The first-order valence-corrected chi connectivity index (χ1v) is 5.99. The predicted octanol–water partition coefficient (Wildman–Crippen LogP) is 2.00. The normalized spacial score (nSPS) is 11.5. The van der Waals surface area contributed by atoms with E-state index in [9.17, 15) is 22.0 Å². The Morgan fingerprint density at radius 2 is 2.00 bits per heavy atom. The Hall–Kier alpha value is -1.41. The van der Waals surface area contributed by atoms with Gasteiger partial charge in [-0.05, 0) is 18.2 Å². The summed E-state index contributed by atoms with van der Waals surface area (Å²) >= 11 is 5.53. The Morgan fingerprint density at radius 3 is 2.41 bits per heavy atom. The number of anilines is 1. The van der Waals surface area contributed by atoms with Crippen LogP contribution in [-0.2, 0) is 10.0 Å². The molecule has 0 aromatic heterocycles. The lowest BCUT2D eigenvalue weighted by molar-refractivity contribution is 0.0697. The lowest BCUT2D eigenvalue weighted by Gasteiger charge is -2.07. The zero-order valence-corrected chi connectivity index (χ0v) is 9.60. The third kappa shape index (κ3) is 3.27. The maximum absolute atomic E-state index is 12.0. The molecule has 2 N–H and O–H groups in total. The number of halogens is 3. The van der Waals surface area contributed by atoms with E-state index in [-0.39, 0.29) is 16.3 Å². The first kappa shape index (κ1) is 13.7. The van der Waals surface area contributed by atoms with E-state index in [2.05, 4.69) is 0 Å². The minimum atomic E-state index is -4.79. The number of sulfonamides is 1. The SMILES string of the molecule is O=C(O)c1ccc(NS(=O)(=O)C(F)F)cc1Cl. The summed E-state index contributed by atoms with van der Waals surface area (Å²) in [6.45, 7) is 0. The summed E-state index contributed by atoms with van der Waals surface area (Å²) in [7, 11) is -4.79. The molecule has 94 valence electrons. The molecule has 0 saturated carbocycles. The molecule has 0 atom stereocenters. The average molecular weight is 286 g/mol. The number of benzene rings is 1. The molecule has 0 aliphatic rings. The Labute approximate surface area is 100 Å². The van der Waals surface area contributed by atoms with Crippen LogP contribution >= 0.6 is 11.6 Å². The number of carboxylic acids is 1. The van der Waals surface area contributed by atoms with Crippen LogP contribution in [0.4, 0.5) is 14.5 Å². The lowest BCUT2D eigenvalue weighted by Crippen LogP contribution is -2.20. The molecule has 0 aliphatic carbocycles. The van der Waals surface area contributed by atoms with Gasteiger partial charge in [-0.3, -0.25) is 4.72 Å². The van der Waals surface area contributed by atoms with E-state index in [0.717, 1.165) is 18.2 Å². The van der Waals surface area contributed by atoms with Crippen molar-refractivity contribution in [1.82, 2.24) is 0 Å². The van der Waals surface area contributed by atoms with E-state index in [0.29, 0.717) is 0 Å². The minimum absolute atomic E-state index is 0.236. The van der Waals surface area contributed by atoms with Crippen LogP contribution in [0.1, 0.15) is 10.4 Å². The summed E-state index contributed by atoms with van der Waals surface area (Å²) in [4.78, 5) is 10.6. The zero-order chi connectivity index (χ0) is 13.2. The molecule has 0 aliphatic heterocycles. The van der Waals surface area contributed by atoms with Crippen molar-refractivity contribution in [3.8, 4) is 0 Å². The molecule has 0 spiro atoms. The molecule has 1 rings (SSSR count). The highest BCUT2D eigenvalue weighted by atomic mass is 35.5. The maximum atomic E-state index is 12.0. The Bertz CT molecular complexity index is 546. The van der Waals surface area contributed by atoms with Crippen LogP contribution in [0, 0.1) is 0 Å². The largest absolute Gasteiger partial charge is 0.478 e. The Morgan fingerprint density at radius 1 is 1.41 bits per heavy atom. The molecule has 1 aromatic carbocycles. The van der Waals surface area contributed by atoms with Gasteiger partial charge in [0.05, 0.1) is 16.3 Å². The van der Waals surface area contributed by atoms with Gasteiger partial charge in [0.15, 0.2) is 0 Å². The van der Waals surface area contributed by atoms with Crippen LogP contribution in [-0.4, -0.2) is 25.3 Å². The van der Waals surface area contributed by atoms with Gasteiger partial charge in [-0.15, -0.1) is 0 Å². The highest BCUT2D eigenvalue weighted by Crippen LogP contribution is 2.22. The second-order valence-corrected chi connectivity index (χ2v) is 4.97. The summed E-state index contributed by atoms with van der Waals surface area (Å²) in [6, 6.07) is 2.97. The number of hydrogen-bond acceptors (Lipinski definition) is 3. The Kier molecular flexibility index (Phi) is 3.89. The maximum Gasteiger partial charge on any atom is 0.355 e. The van der Waals surface area contributed by atoms with Gasteiger partial charge in [0, 0.05) is 0 Å². The molecule has 0 unspecified atom stereocenters. The summed E-state index contributed by atoms with van der Waals surface area (Å²) < 4.78 is 47.2. The summed E-state index contributed by atoms with van der Waals surface area (Å²) in [5, 5.41) is 8.38. The number of nitrogens with one attached hydrogen (secondary N) is 1. The zero-order valence-electron chi connectivity index (χ0n) is 8.02. The third-order valence-corrected chi connectivity index (χ3v) is 3.00. The monoisotopic (exact) mass is 285 g/mol. The number of hydrogen-bond donors (Lipinski definition) is 2. The van der Waals surface area contributed by atoms with Gasteiger partial charge in [-0.25, -0.2) is 13.2 Å². The van der Waals surface area contributed by atoms with E-state index in [1.165, 1.54) is 0 Å². The van der Waals surface area contributed by atoms with Crippen molar-refractivity contribution in [3.63, 3.8) is 0 Å². The molecule has 0 heterocycles. The van der Waals surface area contributed by atoms with Gasteiger partial charge in [0.1, 0.15) is 0 Å². The van der Waals surface area contributed by atoms with Crippen molar-refractivity contribution in [2.75, 3.05) is 4.72 Å². The molecule has 17 heavy (non-hydrogen) atoms. The van der Waals surface area contributed by atoms with Crippen molar-refractivity contribution in [2.45, 2.75) is 5.76 Å². The van der Waals surface area contributed by atoms with E-state index in [1.54, 1.807) is 4.72 Å². The van der Waals surface area contributed by atoms with Crippen LogP contribution in [0.25, 0.3) is 0 Å². The van der Waals surface area contributed by atoms with Crippen LogP contribution in [0.2, 0.25) is 5.02 Å². The average Bonchev–Trinajstić information content (AvgIpc) is 2.15. The smallest absolute Gasteiger partial charge is 0.355 e. The summed E-state index contributed by atoms with van der Waals surface area (Å²) in [5.41, 5.74) is -0.494. The van der Waals surface area contributed by atoms with Crippen molar-refractivity contribution < 1.29 is 27.1 Å². The highest BCUT2D eigenvalue weighted by molar-refractivity contribution is 7.93. The number of carbonyl (C=O) groups is 1. The first-order chi connectivity index (χ1) is 7.74. The molecule has 0 bridgehead atoms. The molecule has 5 nitrogen and oxygen atoms in total. The van der Waals surface area contributed by atoms with Gasteiger partial charge in [-0.1, -0.05) is 11.6 Å². The molecule has 0 amide bonds. The van der Waals surface area contributed by atoms with Crippen molar-refractivity contribution in [3.05, 3.63) is 28.8 Å². The second kappa shape index (κ2) is 4.84. The second-order valence-electron chi connectivity index (χ2n) is 2.91. The molecular weight excluding hydrogens is 280 g/mol. The van der Waals surface area contributed by atoms with Crippen molar-refractivity contribution in [1.29, 1.82) is 0 Å². The fourth-order valence-corrected chi connectivity index (χ4v) is 1.77. The minimum Gasteiger partial charge on any atom is -0.478 e. The predicted molar refractivity (Wildman–Crippen MR) is 57.0 cm³/mol. The molecule has 0 fully saturated rings. The van der Waals surface area contributed by atoms with Crippen LogP contribution < -0.4 is 4.72 Å². The topological polar surface area (TPSA) is 83.5 Å². The van der Waals surface area contributed by atoms with Gasteiger partial charge in [-0.2, -0.15) is 8.78 Å². The van der Waals surface area contributed by atoms with Gasteiger partial charge >= 0.3 is 11.7 Å². The van der Waals surface area contributed by atoms with Crippen LogP contribution in [0.3, 0.4) is 0 Å². The van der Waals surface area contributed by atoms with E-state index in [1.807, 2.05) is 0 Å². The highest BCUT2D eigenvalue weighted by Gasteiger charge is 2.24. The van der Waals surface area contributed by atoms with E-state index < -0.39 is 21.8 Å². The summed E-state index contributed by atoms with van der Waals surface area (Å²) in [5.74, 6) is -4.89. The quantitative estimate of drug-likeness (QED) is 0.886. The molecule has 1 aromatic rings. The first-order valence-electron chi connectivity index (χ1n) is 4.06. The van der Waals surface area contributed by atoms with Gasteiger partial charge < -0.3 is 5.11 Å². The Balaban J connectivity index is 3.04. The fourth-order valence-electron chi connectivity index (χ4n) is 0.961. The number of carboxylic acid groups (broad SMARTS) is 1. The van der Waals surface area contributed by atoms with Crippen molar-refractivity contribution >= 4 is 33.3 Å². The van der Waals surface area contributed by atoms with E-state index >= 15 is 0 Å². The number of aromatic carboxylic acids is 1. The van der Waals surface area contributed by atoms with Gasteiger partial charge in [0.2, 0.25) is 0 Å². The lowest BCUT2D eigenvalue weighted by atomic mass is 10.2. The standard InChI is InChI=1S/C8H6ClF2NO4S/c9-6-3-4(1-2-5(6)7(13)14)12-17(15,16)8(10)11/h1-3,8,12H,(H,13,14). The van der Waals surface area contributed by atoms with E-state index in [4.69, 9.17) is 16.7 Å². The molecular formula is C8H6ClF2NO4S. The van der Waals surface area contributed by atoms with Gasteiger partial charge in [0.25, 0.3) is 10.0 Å². The van der Waals surface area contributed by atoms with Crippen LogP contribution in [0.5, 0.6) is 0 Å². The van der Waals surface area contributed by atoms with Crippen LogP contribution in [0.15, 0.2) is 18.2 Å². The summed E-state index contributed by atoms with van der Waals surface area (Å²) in [6.07, 6.45) is 0. The number of rotatable bonds is 4.